The molecule has 0 saturated carbocycles. The Morgan fingerprint density at radius 2 is 1.84 bits per heavy atom. The van der Waals surface area contributed by atoms with Crippen LogP contribution in [0, 0.1) is 5.92 Å². The van der Waals surface area contributed by atoms with Gasteiger partial charge in [-0.05, 0) is 57.9 Å². The molecule has 0 fully saturated rings. The molecule has 0 aromatic rings. The lowest BCUT2D eigenvalue weighted by atomic mass is 9.95. The molecule has 0 aromatic carbocycles. The maximum absolute atomic E-state index is 9.44. The van der Waals surface area contributed by atoms with Gasteiger partial charge in [0, 0.05) is 18.8 Å². The van der Waals surface area contributed by atoms with Crippen LogP contribution in [0.3, 0.4) is 0 Å². The van der Waals surface area contributed by atoms with Crippen LogP contribution >= 0.6 is 0 Å². The molecule has 2 N–H and O–H groups in total. The lowest BCUT2D eigenvalue weighted by Crippen LogP contribution is -2.46. The highest BCUT2D eigenvalue weighted by Gasteiger charge is 2.21. The fourth-order valence-electron chi connectivity index (χ4n) is 2.07. The largest absolute Gasteiger partial charge is 0.394 e. The highest BCUT2D eigenvalue weighted by molar-refractivity contribution is 4.81. The minimum Gasteiger partial charge on any atom is -0.394 e. The summed E-state index contributed by atoms with van der Waals surface area (Å²) in [4.78, 5) is 0. The third-order valence-electron chi connectivity index (χ3n) is 3.49. The Labute approximate surface area is 120 Å². The minimum atomic E-state index is -0.117. The van der Waals surface area contributed by atoms with Crippen LogP contribution in [-0.4, -0.2) is 37.0 Å². The maximum Gasteiger partial charge on any atom is 0.0610 e. The van der Waals surface area contributed by atoms with Crippen molar-refractivity contribution >= 4 is 0 Å². The summed E-state index contributed by atoms with van der Waals surface area (Å²) in [7, 11) is 0. The zero-order chi connectivity index (χ0) is 14.6. The summed E-state index contributed by atoms with van der Waals surface area (Å²) in [5.41, 5.74) is -0.117. The molecule has 0 heterocycles. The lowest BCUT2D eigenvalue weighted by molar-refractivity contribution is 0.117. The Kier molecular flexibility index (Phi) is 11.6. The Hall–Kier alpha value is -0.120. The predicted molar refractivity (Wildman–Crippen MR) is 82.5 cm³/mol. The summed E-state index contributed by atoms with van der Waals surface area (Å²) in [5.74, 6) is 0.776. The molecule has 0 amide bonds. The van der Waals surface area contributed by atoms with E-state index in [-0.39, 0.29) is 12.1 Å². The van der Waals surface area contributed by atoms with Crippen LogP contribution in [0.15, 0.2) is 0 Å². The van der Waals surface area contributed by atoms with E-state index in [0.717, 1.165) is 51.4 Å². The van der Waals surface area contributed by atoms with Gasteiger partial charge in [0.2, 0.25) is 0 Å². The first-order valence-corrected chi connectivity index (χ1v) is 7.97. The summed E-state index contributed by atoms with van der Waals surface area (Å²) in [6, 6.07) is 0. The van der Waals surface area contributed by atoms with E-state index < -0.39 is 0 Å². The molecule has 1 atom stereocenters. The molecular formula is C16H35NO2. The quantitative estimate of drug-likeness (QED) is 0.506. The van der Waals surface area contributed by atoms with Gasteiger partial charge in [0.25, 0.3) is 0 Å². The Balaban J connectivity index is 3.45. The SMILES string of the molecule is CCCNC(C)(CO)CCCCOCCCC(C)C. The van der Waals surface area contributed by atoms with Crippen LogP contribution in [-0.2, 0) is 4.74 Å². The van der Waals surface area contributed by atoms with Gasteiger partial charge >= 0.3 is 0 Å². The predicted octanol–water partition coefficient (Wildman–Crippen LogP) is 3.36. The maximum atomic E-state index is 9.44. The molecular weight excluding hydrogens is 238 g/mol. The van der Waals surface area contributed by atoms with Gasteiger partial charge in [-0.15, -0.1) is 0 Å². The van der Waals surface area contributed by atoms with Gasteiger partial charge in [0.1, 0.15) is 0 Å². The number of rotatable bonds is 13. The first kappa shape index (κ1) is 18.9. The van der Waals surface area contributed by atoms with Gasteiger partial charge in [-0.1, -0.05) is 20.8 Å². The molecule has 0 saturated heterocycles. The monoisotopic (exact) mass is 273 g/mol. The van der Waals surface area contributed by atoms with Gasteiger partial charge < -0.3 is 15.2 Å². The van der Waals surface area contributed by atoms with Crippen LogP contribution < -0.4 is 5.32 Å². The standard InChI is InChI=1S/C16H35NO2/c1-5-11-17-16(4,14-18)10-6-7-12-19-13-8-9-15(2)3/h15,17-18H,5-14H2,1-4H3. The molecule has 0 rings (SSSR count). The average Bonchev–Trinajstić information content (AvgIpc) is 2.39. The summed E-state index contributed by atoms with van der Waals surface area (Å²) in [6.45, 7) is 11.7. The third kappa shape index (κ3) is 11.4. The van der Waals surface area contributed by atoms with E-state index in [1.165, 1.54) is 12.8 Å². The summed E-state index contributed by atoms with van der Waals surface area (Å²) in [6.07, 6.45) is 6.74. The van der Waals surface area contributed by atoms with Crippen molar-refractivity contribution in [1.82, 2.24) is 5.32 Å². The smallest absolute Gasteiger partial charge is 0.0610 e. The highest BCUT2D eigenvalue weighted by Crippen LogP contribution is 2.13. The van der Waals surface area contributed by atoms with E-state index in [1.54, 1.807) is 0 Å². The van der Waals surface area contributed by atoms with Crippen LogP contribution in [0.4, 0.5) is 0 Å². The number of aliphatic hydroxyl groups excluding tert-OH is 1. The normalized spacial score (nSPS) is 14.8. The van der Waals surface area contributed by atoms with Crippen LogP contribution in [0.1, 0.15) is 66.2 Å². The number of unbranched alkanes of at least 4 members (excludes halogenated alkanes) is 1. The number of aliphatic hydroxyl groups is 1. The summed E-state index contributed by atoms with van der Waals surface area (Å²) < 4.78 is 5.63. The highest BCUT2D eigenvalue weighted by atomic mass is 16.5. The second-order valence-corrected chi connectivity index (χ2v) is 6.25. The zero-order valence-corrected chi connectivity index (χ0v) is 13.5. The van der Waals surface area contributed by atoms with Crippen molar-refractivity contribution in [2.45, 2.75) is 71.8 Å². The Bertz CT molecular complexity index is 197. The van der Waals surface area contributed by atoms with Crippen molar-refractivity contribution in [2.75, 3.05) is 26.4 Å². The molecule has 0 bridgehead atoms. The van der Waals surface area contributed by atoms with Crippen molar-refractivity contribution in [1.29, 1.82) is 0 Å². The molecule has 19 heavy (non-hydrogen) atoms. The molecule has 116 valence electrons. The van der Waals surface area contributed by atoms with Crippen molar-refractivity contribution in [3.8, 4) is 0 Å². The number of hydrogen-bond acceptors (Lipinski definition) is 3. The lowest BCUT2D eigenvalue weighted by Gasteiger charge is -2.28. The zero-order valence-electron chi connectivity index (χ0n) is 13.5. The van der Waals surface area contributed by atoms with Crippen molar-refractivity contribution < 1.29 is 9.84 Å². The number of ether oxygens (including phenoxy) is 1. The molecule has 3 heteroatoms. The molecule has 1 unspecified atom stereocenters. The van der Waals surface area contributed by atoms with Gasteiger partial charge in [0.15, 0.2) is 0 Å². The molecule has 0 radical (unpaired) electrons. The molecule has 0 aromatic heterocycles. The first-order chi connectivity index (χ1) is 9.04. The fourth-order valence-corrected chi connectivity index (χ4v) is 2.07. The van der Waals surface area contributed by atoms with E-state index in [0.29, 0.717) is 0 Å². The summed E-state index contributed by atoms with van der Waals surface area (Å²) >= 11 is 0. The van der Waals surface area contributed by atoms with E-state index in [4.69, 9.17) is 4.74 Å². The average molecular weight is 273 g/mol. The first-order valence-electron chi connectivity index (χ1n) is 7.97. The Morgan fingerprint density at radius 3 is 2.42 bits per heavy atom. The van der Waals surface area contributed by atoms with Crippen molar-refractivity contribution in [3.05, 3.63) is 0 Å². The van der Waals surface area contributed by atoms with Gasteiger partial charge in [-0.3, -0.25) is 0 Å². The van der Waals surface area contributed by atoms with E-state index >= 15 is 0 Å². The second kappa shape index (κ2) is 11.7. The van der Waals surface area contributed by atoms with E-state index in [9.17, 15) is 5.11 Å². The fraction of sp³-hybridized carbons (Fsp3) is 1.00. The van der Waals surface area contributed by atoms with Crippen LogP contribution in [0.2, 0.25) is 0 Å². The molecule has 0 spiro atoms. The Morgan fingerprint density at radius 1 is 1.16 bits per heavy atom. The summed E-state index contributed by atoms with van der Waals surface area (Å²) in [5, 5.41) is 12.9. The van der Waals surface area contributed by atoms with Gasteiger partial charge in [-0.2, -0.15) is 0 Å². The van der Waals surface area contributed by atoms with Crippen molar-refractivity contribution in [3.63, 3.8) is 0 Å². The number of hydrogen-bond donors (Lipinski definition) is 2. The number of nitrogens with one attached hydrogen (secondary N) is 1. The van der Waals surface area contributed by atoms with Crippen LogP contribution in [0.25, 0.3) is 0 Å². The minimum absolute atomic E-state index is 0.117. The van der Waals surface area contributed by atoms with E-state index in [1.807, 2.05) is 0 Å². The topological polar surface area (TPSA) is 41.5 Å². The third-order valence-corrected chi connectivity index (χ3v) is 3.49. The molecule has 0 aliphatic rings. The molecule has 3 nitrogen and oxygen atoms in total. The van der Waals surface area contributed by atoms with E-state index in [2.05, 4.69) is 33.0 Å². The van der Waals surface area contributed by atoms with Crippen LogP contribution in [0.5, 0.6) is 0 Å². The second-order valence-electron chi connectivity index (χ2n) is 6.25. The van der Waals surface area contributed by atoms with Gasteiger partial charge in [0.05, 0.1) is 6.61 Å². The molecule has 0 aliphatic carbocycles. The molecule has 0 aliphatic heterocycles. The van der Waals surface area contributed by atoms with Gasteiger partial charge in [-0.25, -0.2) is 0 Å². The van der Waals surface area contributed by atoms with Crippen molar-refractivity contribution in [2.24, 2.45) is 5.92 Å².